The van der Waals surface area contributed by atoms with E-state index in [0.717, 1.165) is 41.5 Å². The largest absolute Gasteiger partial charge is 0.324 e. The fourth-order valence-electron chi connectivity index (χ4n) is 2.20. The van der Waals surface area contributed by atoms with E-state index < -0.39 is 0 Å². The van der Waals surface area contributed by atoms with Crippen molar-refractivity contribution >= 4 is 40.5 Å². The van der Waals surface area contributed by atoms with Gasteiger partial charge in [-0.3, -0.25) is 9.69 Å². The normalized spacial score (nSPS) is 17.1. The van der Waals surface area contributed by atoms with Crippen molar-refractivity contribution in [3.63, 3.8) is 0 Å². The minimum atomic E-state index is 0.00803. The number of anilines is 1. The monoisotopic (exact) mass is 372 g/mol. The average molecular weight is 372 g/mol. The van der Waals surface area contributed by atoms with Crippen molar-refractivity contribution in [3.05, 3.63) is 27.8 Å². The van der Waals surface area contributed by atoms with Crippen LogP contribution in [0.15, 0.2) is 24.3 Å². The Balaban J connectivity index is 1.82. The van der Waals surface area contributed by atoms with E-state index in [0.29, 0.717) is 6.54 Å². The summed E-state index contributed by atoms with van der Waals surface area (Å²) < 4.78 is 1.04. The first-order chi connectivity index (χ1) is 9.19. The molecule has 1 aliphatic rings. The lowest BCUT2D eigenvalue weighted by Crippen LogP contribution is -2.39. The van der Waals surface area contributed by atoms with E-state index in [9.17, 15) is 9.59 Å². The van der Waals surface area contributed by atoms with Crippen LogP contribution in [0.2, 0.25) is 0 Å². The lowest BCUT2D eigenvalue weighted by Gasteiger charge is -2.28. The number of carbonyl (C=O) groups excluding carboxylic acids is 2. The van der Waals surface area contributed by atoms with Gasteiger partial charge in [0.25, 0.3) is 0 Å². The Hall–Kier alpha value is -0.950. The first-order valence-corrected chi connectivity index (χ1v) is 7.49. The van der Waals surface area contributed by atoms with E-state index in [2.05, 4.69) is 32.8 Å². The van der Waals surface area contributed by atoms with Gasteiger partial charge in [0.15, 0.2) is 0 Å². The maximum atomic E-state index is 12.0. The molecule has 4 nitrogen and oxygen atoms in total. The number of nitrogens with one attached hydrogen (secondary N) is 1. The standard InChI is InChI=1S/C14H17IN2O2/c15-12-3-1-2-4-13(12)16-14(19)9-17-7-5-11(10-18)6-8-17/h1-4,10-11H,5-9H2,(H,16,19). The molecule has 1 heterocycles. The highest BCUT2D eigenvalue weighted by Crippen LogP contribution is 2.18. The smallest absolute Gasteiger partial charge is 0.238 e. The SMILES string of the molecule is O=CC1CCN(CC(=O)Nc2ccccc2I)CC1. The summed E-state index contributed by atoms with van der Waals surface area (Å²) in [5.41, 5.74) is 0.857. The number of aldehydes is 1. The second-order valence-electron chi connectivity index (χ2n) is 4.78. The van der Waals surface area contributed by atoms with Crippen LogP contribution < -0.4 is 5.32 Å². The highest BCUT2D eigenvalue weighted by atomic mass is 127. The molecule has 1 N–H and O–H groups in total. The molecule has 1 saturated heterocycles. The molecule has 0 bridgehead atoms. The van der Waals surface area contributed by atoms with Gasteiger partial charge < -0.3 is 10.1 Å². The Bertz CT molecular complexity index is 457. The molecule has 1 aliphatic heterocycles. The summed E-state index contributed by atoms with van der Waals surface area (Å²) >= 11 is 2.20. The van der Waals surface area contributed by atoms with Crippen LogP contribution in [-0.2, 0) is 9.59 Å². The lowest BCUT2D eigenvalue weighted by atomic mass is 9.99. The van der Waals surface area contributed by atoms with Crippen molar-refractivity contribution in [2.24, 2.45) is 5.92 Å². The van der Waals surface area contributed by atoms with E-state index in [-0.39, 0.29) is 11.8 Å². The van der Waals surface area contributed by atoms with Gasteiger partial charge in [0.2, 0.25) is 5.91 Å². The van der Waals surface area contributed by atoms with Crippen LogP contribution in [0.1, 0.15) is 12.8 Å². The fraction of sp³-hybridized carbons (Fsp3) is 0.429. The van der Waals surface area contributed by atoms with Crippen molar-refractivity contribution in [3.8, 4) is 0 Å². The minimum Gasteiger partial charge on any atom is -0.324 e. The molecule has 0 radical (unpaired) electrons. The number of amides is 1. The van der Waals surface area contributed by atoms with Crippen LogP contribution in [0.25, 0.3) is 0 Å². The van der Waals surface area contributed by atoms with Gasteiger partial charge in [0.1, 0.15) is 6.29 Å². The van der Waals surface area contributed by atoms with Crippen LogP contribution >= 0.6 is 22.6 Å². The number of para-hydroxylation sites is 1. The highest BCUT2D eigenvalue weighted by molar-refractivity contribution is 14.1. The molecule has 1 amide bonds. The molecule has 0 aromatic heterocycles. The third-order valence-corrected chi connectivity index (χ3v) is 4.28. The number of carbonyl (C=O) groups is 2. The zero-order valence-corrected chi connectivity index (χ0v) is 12.8. The molecule has 2 rings (SSSR count). The Morgan fingerprint density at radius 3 is 2.68 bits per heavy atom. The molecule has 0 aliphatic carbocycles. The second-order valence-corrected chi connectivity index (χ2v) is 5.94. The number of halogens is 1. The summed E-state index contributed by atoms with van der Waals surface area (Å²) in [5.74, 6) is 0.183. The summed E-state index contributed by atoms with van der Waals surface area (Å²) in [6, 6.07) is 7.72. The maximum absolute atomic E-state index is 12.0. The van der Waals surface area contributed by atoms with Crippen LogP contribution in [-0.4, -0.2) is 36.7 Å². The third-order valence-electron chi connectivity index (χ3n) is 3.34. The molecule has 0 saturated carbocycles. The van der Waals surface area contributed by atoms with Gasteiger partial charge >= 0.3 is 0 Å². The van der Waals surface area contributed by atoms with E-state index in [1.54, 1.807) is 0 Å². The molecule has 0 atom stereocenters. The van der Waals surface area contributed by atoms with Gasteiger partial charge in [0.05, 0.1) is 12.2 Å². The first-order valence-electron chi connectivity index (χ1n) is 6.41. The van der Waals surface area contributed by atoms with Crippen LogP contribution in [0.4, 0.5) is 5.69 Å². The summed E-state index contributed by atoms with van der Waals surface area (Å²) in [7, 11) is 0. The number of nitrogens with zero attached hydrogens (tertiary/aromatic N) is 1. The zero-order valence-electron chi connectivity index (χ0n) is 10.6. The number of hydrogen-bond donors (Lipinski definition) is 1. The van der Waals surface area contributed by atoms with Crippen molar-refractivity contribution in [1.82, 2.24) is 4.90 Å². The summed E-state index contributed by atoms with van der Waals surface area (Å²) in [6.07, 6.45) is 2.75. The average Bonchev–Trinajstić information content (AvgIpc) is 2.42. The summed E-state index contributed by atoms with van der Waals surface area (Å²) in [6.45, 7) is 2.04. The highest BCUT2D eigenvalue weighted by Gasteiger charge is 2.20. The Morgan fingerprint density at radius 1 is 1.37 bits per heavy atom. The van der Waals surface area contributed by atoms with E-state index in [1.807, 2.05) is 24.3 Å². The van der Waals surface area contributed by atoms with Gasteiger partial charge in [-0.25, -0.2) is 0 Å². The molecule has 5 heteroatoms. The Labute approximate surface area is 126 Å². The van der Waals surface area contributed by atoms with Crippen molar-refractivity contribution in [1.29, 1.82) is 0 Å². The van der Waals surface area contributed by atoms with Gasteiger partial charge in [-0.15, -0.1) is 0 Å². The predicted octanol–water partition coefficient (Wildman–Crippen LogP) is 2.14. The topological polar surface area (TPSA) is 49.4 Å². The van der Waals surface area contributed by atoms with E-state index in [1.165, 1.54) is 0 Å². The molecule has 0 unspecified atom stereocenters. The third kappa shape index (κ3) is 4.28. The number of rotatable bonds is 4. The maximum Gasteiger partial charge on any atom is 0.238 e. The van der Waals surface area contributed by atoms with Gasteiger partial charge in [0, 0.05) is 9.49 Å². The van der Waals surface area contributed by atoms with Gasteiger partial charge in [-0.1, -0.05) is 12.1 Å². The molecule has 19 heavy (non-hydrogen) atoms. The fourth-order valence-corrected chi connectivity index (χ4v) is 2.72. The van der Waals surface area contributed by atoms with Crippen molar-refractivity contribution in [2.75, 3.05) is 25.0 Å². The van der Waals surface area contributed by atoms with Gasteiger partial charge in [-0.2, -0.15) is 0 Å². The molecule has 1 fully saturated rings. The lowest BCUT2D eigenvalue weighted by molar-refractivity contribution is -0.117. The molecule has 102 valence electrons. The first kappa shape index (κ1) is 14.5. The number of hydrogen-bond acceptors (Lipinski definition) is 3. The number of piperidine rings is 1. The Morgan fingerprint density at radius 2 is 2.05 bits per heavy atom. The minimum absolute atomic E-state index is 0.00803. The van der Waals surface area contributed by atoms with Gasteiger partial charge in [-0.05, 0) is 60.7 Å². The van der Waals surface area contributed by atoms with Crippen LogP contribution in [0.3, 0.4) is 0 Å². The van der Waals surface area contributed by atoms with Crippen LogP contribution in [0, 0.1) is 9.49 Å². The summed E-state index contributed by atoms with van der Waals surface area (Å²) in [5, 5.41) is 2.93. The number of likely N-dealkylation sites (tertiary alicyclic amines) is 1. The van der Waals surface area contributed by atoms with E-state index >= 15 is 0 Å². The second kappa shape index (κ2) is 7.00. The molecular formula is C14H17IN2O2. The Kier molecular flexibility index (Phi) is 5.33. The summed E-state index contributed by atoms with van der Waals surface area (Å²) in [4.78, 5) is 24.7. The van der Waals surface area contributed by atoms with Crippen molar-refractivity contribution in [2.45, 2.75) is 12.8 Å². The van der Waals surface area contributed by atoms with E-state index in [4.69, 9.17) is 0 Å². The zero-order chi connectivity index (χ0) is 13.7. The molecule has 0 spiro atoms. The molecular weight excluding hydrogens is 355 g/mol. The van der Waals surface area contributed by atoms with Crippen LogP contribution in [0.5, 0.6) is 0 Å². The molecule has 1 aromatic carbocycles. The number of benzene rings is 1. The molecule has 1 aromatic rings. The predicted molar refractivity (Wildman–Crippen MR) is 83.0 cm³/mol. The van der Waals surface area contributed by atoms with Crippen molar-refractivity contribution < 1.29 is 9.59 Å². The quantitative estimate of drug-likeness (QED) is 0.651.